The summed E-state index contributed by atoms with van der Waals surface area (Å²) in [4.78, 5) is 24.1. The van der Waals surface area contributed by atoms with Crippen molar-refractivity contribution < 1.29 is 27.2 Å². The third kappa shape index (κ3) is 7.49. The van der Waals surface area contributed by atoms with Crippen molar-refractivity contribution in [3.63, 3.8) is 0 Å². The van der Waals surface area contributed by atoms with Gasteiger partial charge >= 0.3 is 0 Å². The van der Waals surface area contributed by atoms with E-state index in [2.05, 4.69) is 15.6 Å². The number of carbonyl (C=O) groups excluding carboxylic acids is 2. The fraction of sp³-hybridized carbons (Fsp3) is 0.182. The van der Waals surface area contributed by atoms with E-state index in [0.717, 1.165) is 0 Å². The van der Waals surface area contributed by atoms with Gasteiger partial charge in [-0.25, -0.2) is 13.1 Å². The summed E-state index contributed by atoms with van der Waals surface area (Å²) in [5, 5.41) is 0.863. The van der Waals surface area contributed by atoms with Gasteiger partial charge in [0.1, 0.15) is 11.5 Å². The molecule has 0 spiro atoms. The lowest BCUT2D eigenvalue weighted by molar-refractivity contribution is -0.122. The molecule has 1 aromatic heterocycles. The highest BCUT2D eigenvalue weighted by molar-refractivity contribution is 7.89. The van der Waals surface area contributed by atoms with Crippen molar-refractivity contribution in [1.29, 1.82) is 0 Å². The van der Waals surface area contributed by atoms with Gasteiger partial charge in [0.05, 0.1) is 29.3 Å². The molecular weight excluding hydrogens is 505 g/mol. The Bertz CT molecular complexity index is 1230. The van der Waals surface area contributed by atoms with Gasteiger partial charge < -0.3 is 9.15 Å². The van der Waals surface area contributed by atoms with Gasteiger partial charge in [0.15, 0.2) is 0 Å². The van der Waals surface area contributed by atoms with Crippen LogP contribution in [0.15, 0.2) is 70.2 Å². The van der Waals surface area contributed by atoms with Crippen LogP contribution < -0.4 is 20.3 Å². The molecule has 2 aromatic carbocycles. The Morgan fingerprint density at radius 3 is 2.44 bits per heavy atom. The molecule has 0 aliphatic rings. The fourth-order valence-electron chi connectivity index (χ4n) is 2.72. The number of furan rings is 1. The van der Waals surface area contributed by atoms with Crippen LogP contribution >= 0.6 is 23.2 Å². The lowest BCUT2D eigenvalue weighted by Crippen LogP contribution is -2.41. The molecule has 0 unspecified atom stereocenters. The average Bonchev–Trinajstić information content (AvgIpc) is 3.34. The van der Waals surface area contributed by atoms with Gasteiger partial charge in [-0.15, -0.1) is 0 Å². The highest BCUT2D eigenvalue weighted by atomic mass is 35.5. The summed E-state index contributed by atoms with van der Waals surface area (Å²) in [6.45, 7) is 0.244. The molecule has 0 atom stereocenters. The van der Waals surface area contributed by atoms with Crippen LogP contribution in [-0.4, -0.2) is 26.8 Å². The zero-order valence-corrected chi connectivity index (χ0v) is 20.0. The lowest BCUT2D eigenvalue weighted by Gasteiger charge is -2.10. The molecule has 3 N–H and O–H groups in total. The molecule has 0 saturated carbocycles. The molecule has 9 nitrogen and oxygen atoms in total. The number of hydrogen-bond acceptors (Lipinski definition) is 6. The van der Waals surface area contributed by atoms with E-state index in [9.17, 15) is 18.0 Å². The smallest absolute Gasteiger partial charge is 0.269 e. The van der Waals surface area contributed by atoms with E-state index in [4.69, 9.17) is 32.4 Å². The van der Waals surface area contributed by atoms with Crippen LogP contribution in [0.1, 0.15) is 29.0 Å². The summed E-state index contributed by atoms with van der Waals surface area (Å²) < 4.78 is 37.7. The number of hydrogen-bond donors (Lipinski definition) is 3. The molecule has 1 heterocycles. The molecule has 3 aromatic rings. The van der Waals surface area contributed by atoms with E-state index >= 15 is 0 Å². The van der Waals surface area contributed by atoms with Gasteiger partial charge in [-0.2, -0.15) is 0 Å². The lowest BCUT2D eigenvalue weighted by atomic mass is 10.2. The number of halogens is 2. The van der Waals surface area contributed by atoms with Gasteiger partial charge in [0.2, 0.25) is 15.9 Å². The largest absolute Gasteiger partial charge is 0.492 e. The molecule has 2 amide bonds. The van der Waals surface area contributed by atoms with Gasteiger partial charge in [-0.3, -0.25) is 20.4 Å². The van der Waals surface area contributed by atoms with Crippen molar-refractivity contribution in [2.24, 2.45) is 0 Å². The SMILES string of the molecule is O=C(CCCOc1ccc(Cl)cc1Cl)NNC(=O)c1ccc(S(=O)(=O)NCc2ccco2)cc1. The minimum Gasteiger partial charge on any atom is -0.492 e. The second kappa shape index (κ2) is 11.9. The summed E-state index contributed by atoms with van der Waals surface area (Å²) in [6, 6.07) is 13.4. The van der Waals surface area contributed by atoms with Crippen LogP contribution in [0.4, 0.5) is 0 Å². The molecule has 12 heteroatoms. The highest BCUT2D eigenvalue weighted by Crippen LogP contribution is 2.27. The van der Waals surface area contributed by atoms with Crippen molar-refractivity contribution in [2.45, 2.75) is 24.3 Å². The number of carbonyl (C=O) groups is 2. The Morgan fingerprint density at radius 1 is 1.00 bits per heavy atom. The standard InChI is InChI=1S/C22H21Cl2N3O6S/c23-16-7-10-20(19(24)13-16)33-12-2-4-21(28)26-27-22(29)15-5-8-18(9-6-15)34(30,31)25-14-17-3-1-11-32-17/h1,3,5-11,13,25H,2,4,12,14H2,(H,26,28)(H,27,29). The predicted octanol–water partition coefficient (Wildman–Crippen LogP) is 3.69. The zero-order valence-electron chi connectivity index (χ0n) is 17.7. The van der Waals surface area contributed by atoms with Crippen LogP contribution in [0.2, 0.25) is 10.0 Å². The van der Waals surface area contributed by atoms with Crippen LogP contribution in [0, 0.1) is 0 Å². The molecular formula is C22H21Cl2N3O6S. The second-order valence-corrected chi connectivity index (χ2v) is 9.57. The first-order chi connectivity index (χ1) is 16.2. The van der Waals surface area contributed by atoms with Crippen LogP contribution in [0.3, 0.4) is 0 Å². The van der Waals surface area contributed by atoms with Crippen molar-refractivity contribution in [3.8, 4) is 5.75 Å². The maximum Gasteiger partial charge on any atom is 0.269 e. The summed E-state index contributed by atoms with van der Waals surface area (Å²) in [6.07, 6.45) is 1.93. The third-order valence-corrected chi connectivity index (χ3v) is 6.41. The number of benzene rings is 2. The van der Waals surface area contributed by atoms with E-state index in [1.807, 2.05) is 0 Å². The van der Waals surface area contributed by atoms with E-state index in [1.54, 1.807) is 30.3 Å². The first kappa shape index (κ1) is 25.6. The molecule has 0 bridgehead atoms. The maximum atomic E-state index is 12.3. The van der Waals surface area contributed by atoms with Gasteiger partial charge in [0.25, 0.3) is 5.91 Å². The van der Waals surface area contributed by atoms with Crippen molar-refractivity contribution in [3.05, 3.63) is 82.2 Å². The minimum atomic E-state index is -3.78. The summed E-state index contributed by atoms with van der Waals surface area (Å²) in [5.41, 5.74) is 4.75. The van der Waals surface area contributed by atoms with Crippen molar-refractivity contribution in [2.75, 3.05) is 6.61 Å². The predicted molar refractivity (Wildman–Crippen MR) is 126 cm³/mol. The van der Waals surface area contributed by atoms with E-state index < -0.39 is 21.8 Å². The summed E-state index contributed by atoms with van der Waals surface area (Å²) in [5.74, 6) is -0.0809. The van der Waals surface area contributed by atoms with Crippen LogP contribution in [0.5, 0.6) is 5.75 Å². The zero-order chi connectivity index (χ0) is 24.6. The first-order valence-electron chi connectivity index (χ1n) is 10.0. The van der Waals surface area contributed by atoms with Gasteiger partial charge in [-0.05, 0) is 61.0 Å². The number of hydrazine groups is 1. The summed E-state index contributed by atoms with van der Waals surface area (Å²) >= 11 is 11.8. The topological polar surface area (TPSA) is 127 Å². The van der Waals surface area contributed by atoms with Crippen LogP contribution in [-0.2, 0) is 21.4 Å². The molecule has 0 radical (unpaired) electrons. The molecule has 0 saturated heterocycles. The van der Waals surface area contributed by atoms with Crippen LogP contribution in [0.25, 0.3) is 0 Å². The molecule has 0 fully saturated rings. The quantitative estimate of drug-likeness (QED) is 0.273. The highest BCUT2D eigenvalue weighted by Gasteiger charge is 2.16. The Hall–Kier alpha value is -3.05. The normalized spacial score (nSPS) is 11.1. The van der Waals surface area contributed by atoms with Crippen molar-refractivity contribution in [1.82, 2.24) is 15.6 Å². The molecule has 180 valence electrons. The van der Waals surface area contributed by atoms with E-state index in [0.29, 0.717) is 28.0 Å². The number of ether oxygens (including phenoxy) is 1. The van der Waals surface area contributed by atoms with Gasteiger partial charge in [0, 0.05) is 17.0 Å². The van der Waals surface area contributed by atoms with Gasteiger partial charge in [-0.1, -0.05) is 23.2 Å². The Labute approximate surface area is 206 Å². The number of amides is 2. The number of sulfonamides is 1. The molecule has 34 heavy (non-hydrogen) atoms. The second-order valence-electron chi connectivity index (χ2n) is 6.96. The maximum absolute atomic E-state index is 12.3. The Balaban J connectivity index is 1.40. The monoisotopic (exact) mass is 525 g/mol. The van der Waals surface area contributed by atoms with Crippen molar-refractivity contribution >= 4 is 45.0 Å². The summed E-state index contributed by atoms with van der Waals surface area (Å²) in [7, 11) is -3.78. The Morgan fingerprint density at radius 2 is 1.76 bits per heavy atom. The molecule has 3 rings (SSSR count). The third-order valence-electron chi connectivity index (χ3n) is 4.46. The molecule has 0 aliphatic carbocycles. The first-order valence-corrected chi connectivity index (χ1v) is 12.3. The number of nitrogens with one attached hydrogen (secondary N) is 3. The van der Waals surface area contributed by atoms with E-state index in [1.165, 1.54) is 30.5 Å². The number of rotatable bonds is 10. The minimum absolute atomic E-state index is 0.00137. The average molecular weight is 526 g/mol. The fourth-order valence-corrected chi connectivity index (χ4v) is 4.17. The van der Waals surface area contributed by atoms with E-state index in [-0.39, 0.29) is 30.0 Å². The Kier molecular flexibility index (Phi) is 8.94. The molecule has 0 aliphatic heterocycles.